The van der Waals surface area contributed by atoms with Crippen molar-refractivity contribution in [2.45, 2.75) is 48.4 Å². The van der Waals surface area contributed by atoms with Gasteiger partial charge in [-0.05, 0) is 37.8 Å². The van der Waals surface area contributed by atoms with Crippen LogP contribution >= 0.6 is 10.7 Å². The molecule has 29 heavy (non-hydrogen) atoms. The molecule has 12 heteroatoms. The Morgan fingerprint density at radius 1 is 1.34 bits per heavy atom. The molecule has 0 amide bonds. The molecule has 1 heterocycles. The monoisotopic (exact) mass is 476 g/mol. The first-order valence-corrected chi connectivity index (χ1v) is 12.2. The molecular formula is C17H19ClF3NO5S2. The fourth-order valence-electron chi connectivity index (χ4n) is 3.69. The van der Waals surface area contributed by atoms with Crippen molar-refractivity contribution in [2.75, 3.05) is 7.04 Å². The molecule has 1 aromatic rings. The summed E-state index contributed by atoms with van der Waals surface area (Å²) < 4.78 is 117. The molecule has 0 aliphatic heterocycles. The number of nitrogens with zero attached hydrogens (tertiary/aromatic N) is 1. The van der Waals surface area contributed by atoms with Crippen LogP contribution in [-0.2, 0) is 36.7 Å². The summed E-state index contributed by atoms with van der Waals surface area (Å²) in [5.41, 5.74) is -0.442. The number of hydrogen-bond acceptors (Lipinski definition) is 5. The number of alkyl halides is 3. The lowest BCUT2D eigenvalue weighted by Gasteiger charge is -2.33. The minimum Gasteiger partial charge on any atom is -0.499 e. The molecule has 162 valence electrons. The predicted molar refractivity (Wildman–Crippen MR) is 101 cm³/mol. The van der Waals surface area contributed by atoms with Gasteiger partial charge in [0, 0.05) is 29.0 Å². The summed E-state index contributed by atoms with van der Waals surface area (Å²) in [6, 6.07) is 0. The molecule has 0 radical (unpaired) electrons. The van der Waals surface area contributed by atoms with Gasteiger partial charge in [-0.3, -0.25) is 0 Å². The first-order valence-electron chi connectivity index (χ1n) is 9.94. The third-order valence-corrected chi connectivity index (χ3v) is 9.13. The second-order valence-electron chi connectivity index (χ2n) is 7.13. The largest absolute Gasteiger partial charge is 0.499 e. The smallest absolute Gasteiger partial charge is 0.392 e. The summed E-state index contributed by atoms with van der Waals surface area (Å²) in [5.74, 6) is -2.32. The van der Waals surface area contributed by atoms with Crippen LogP contribution in [0.2, 0.25) is 0 Å². The molecule has 0 N–H and O–H groups in total. The minimum absolute atomic E-state index is 0.0960. The molecule has 0 aromatic carbocycles. The van der Waals surface area contributed by atoms with Crippen LogP contribution < -0.4 is 0 Å². The SMILES string of the molecule is [2H]C([2H])([2H])OC1=CC=CCC1(C)S(=O)(=O)n1cc(S(=O)(=O)Cl)c2c1C[C@@H](C(F)(F)F)CC2. The van der Waals surface area contributed by atoms with E-state index in [1.54, 1.807) is 0 Å². The molecule has 0 saturated carbocycles. The summed E-state index contributed by atoms with van der Waals surface area (Å²) in [6.45, 7) is 1.16. The maximum atomic E-state index is 13.7. The number of aromatic nitrogens is 1. The normalized spacial score (nSPS) is 27.4. The van der Waals surface area contributed by atoms with Crippen molar-refractivity contribution >= 4 is 29.8 Å². The van der Waals surface area contributed by atoms with E-state index in [1.165, 1.54) is 12.2 Å². The summed E-state index contributed by atoms with van der Waals surface area (Å²) >= 11 is 0. The van der Waals surface area contributed by atoms with Gasteiger partial charge in [0.1, 0.15) is 15.4 Å². The third-order valence-electron chi connectivity index (χ3n) is 5.40. The summed E-state index contributed by atoms with van der Waals surface area (Å²) in [4.78, 5) is -0.587. The fraction of sp³-hybridized carbons (Fsp3) is 0.529. The van der Waals surface area contributed by atoms with Crippen molar-refractivity contribution in [1.29, 1.82) is 0 Å². The number of ether oxygens (including phenoxy) is 1. The molecule has 0 spiro atoms. The van der Waals surface area contributed by atoms with Gasteiger partial charge in [-0.25, -0.2) is 20.8 Å². The van der Waals surface area contributed by atoms with E-state index in [4.69, 9.17) is 19.5 Å². The molecule has 6 nitrogen and oxygen atoms in total. The highest BCUT2D eigenvalue weighted by molar-refractivity contribution is 8.13. The number of methoxy groups -OCH3 is 1. The van der Waals surface area contributed by atoms with E-state index in [-0.39, 0.29) is 24.1 Å². The molecular weight excluding hydrogens is 455 g/mol. The Morgan fingerprint density at radius 2 is 2.03 bits per heavy atom. The standard InChI is InChI=1S/C17H19ClF3NO5S2/c1-16(8-4-3-5-15(16)27-2)29(25,26)22-10-14(28(18,23)24)12-7-6-11(9-13(12)22)17(19,20)21/h3-5,10-11H,6-9H2,1-2H3/t11-,16?/m0/s1/i2D3. The summed E-state index contributed by atoms with van der Waals surface area (Å²) in [5, 5.41) is 0. The second-order valence-corrected chi connectivity index (χ2v) is 11.9. The second kappa shape index (κ2) is 7.05. The van der Waals surface area contributed by atoms with Crippen LogP contribution in [0.3, 0.4) is 0 Å². The first-order chi connectivity index (χ1) is 14.4. The van der Waals surface area contributed by atoms with Gasteiger partial charge in [0.2, 0.25) is 0 Å². The van der Waals surface area contributed by atoms with Gasteiger partial charge in [0.05, 0.1) is 17.1 Å². The van der Waals surface area contributed by atoms with Crippen LogP contribution in [0.15, 0.2) is 35.1 Å². The number of rotatable bonds is 4. The average Bonchev–Trinajstić information content (AvgIpc) is 3.01. The molecule has 0 saturated heterocycles. The molecule has 0 fully saturated rings. The Labute approximate surface area is 175 Å². The Kier molecular flexibility index (Phi) is 4.46. The van der Waals surface area contributed by atoms with Gasteiger partial charge in [-0.2, -0.15) is 13.2 Å². The number of hydrogen-bond donors (Lipinski definition) is 0. The average molecular weight is 477 g/mol. The number of allylic oxidation sites excluding steroid dienone is 3. The van der Waals surface area contributed by atoms with E-state index >= 15 is 0 Å². The van der Waals surface area contributed by atoms with Crippen molar-refractivity contribution in [2.24, 2.45) is 5.92 Å². The lowest BCUT2D eigenvalue weighted by molar-refractivity contribution is -0.177. The lowest BCUT2D eigenvalue weighted by atomic mass is 9.87. The van der Waals surface area contributed by atoms with E-state index in [0.29, 0.717) is 10.2 Å². The van der Waals surface area contributed by atoms with Crippen LogP contribution in [0.5, 0.6) is 0 Å². The van der Waals surface area contributed by atoms with Gasteiger partial charge in [-0.1, -0.05) is 12.2 Å². The van der Waals surface area contributed by atoms with E-state index in [1.807, 2.05) is 0 Å². The molecule has 3 rings (SSSR count). The maximum Gasteiger partial charge on any atom is 0.392 e. The van der Waals surface area contributed by atoms with Gasteiger partial charge in [-0.15, -0.1) is 0 Å². The summed E-state index contributed by atoms with van der Waals surface area (Å²) in [7, 11) is -6.72. The molecule has 2 aliphatic carbocycles. The maximum absolute atomic E-state index is 13.7. The van der Waals surface area contributed by atoms with Crippen LogP contribution in [0, 0.1) is 5.92 Å². The number of fused-ring (bicyclic) bond motifs is 1. The van der Waals surface area contributed by atoms with Gasteiger partial charge in [0.15, 0.2) is 0 Å². The topological polar surface area (TPSA) is 82.4 Å². The predicted octanol–water partition coefficient (Wildman–Crippen LogP) is 3.51. The fourth-order valence-corrected chi connectivity index (χ4v) is 6.73. The van der Waals surface area contributed by atoms with E-state index < -0.39 is 66.4 Å². The van der Waals surface area contributed by atoms with Crippen molar-refractivity contribution in [3.63, 3.8) is 0 Å². The minimum atomic E-state index is -4.70. The van der Waals surface area contributed by atoms with Crippen LogP contribution in [0.1, 0.15) is 35.1 Å². The van der Waals surface area contributed by atoms with Crippen molar-refractivity contribution in [1.82, 2.24) is 3.97 Å². The highest BCUT2D eigenvalue weighted by Crippen LogP contribution is 2.43. The van der Waals surface area contributed by atoms with Gasteiger partial charge < -0.3 is 4.74 Å². The number of halogens is 4. The first kappa shape index (κ1) is 18.3. The van der Waals surface area contributed by atoms with Crippen LogP contribution in [0.25, 0.3) is 0 Å². The van der Waals surface area contributed by atoms with Crippen molar-refractivity contribution in [3.05, 3.63) is 41.4 Å². The zero-order valence-corrected chi connectivity index (χ0v) is 17.4. The van der Waals surface area contributed by atoms with Crippen molar-refractivity contribution < 1.29 is 38.9 Å². The molecule has 0 bridgehead atoms. The summed E-state index contributed by atoms with van der Waals surface area (Å²) in [6.07, 6.45) is -1.76. The molecule has 1 aromatic heterocycles. The Bertz CT molecular complexity index is 1200. The Morgan fingerprint density at radius 3 is 2.62 bits per heavy atom. The van der Waals surface area contributed by atoms with Gasteiger partial charge >= 0.3 is 6.18 Å². The van der Waals surface area contributed by atoms with E-state index in [0.717, 1.165) is 13.0 Å². The zero-order chi connectivity index (χ0) is 24.3. The van der Waals surface area contributed by atoms with Crippen LogP contribution in [-0.4, -0.2) is 38.8 Å². The third kappa shape index (κ3) is 3.61. The Hall–Kier alpha value is -1.46. The van der Waals surface area contributed by atoms with E-state index in [9.17, 15) is 30.0 Å². The Balaban J connectivity index is 2.22. The lowest BCUT2D eigenvalue weighted by Crippen LogP contribution is -2.43. The highest BCUT2D eigenvalue weighted by Gasteiger charge is 2.49. The van der Waals surface area contributed by atoms with Gasteiger partial charge in [0.25, 0.3) is 19.1 Å². The molecule has 2 atom stereocenters. The quantitative estimate of drug-likeness (QED) is 0.621. The van der Waals surface area contributed by atoms with Crippen molar-refractivity contribution in [3.8, 4) is 0 Å². The molecule has 2 aliphatic rings. The van der Waals surface area contributed by atoms with Crippen LogP contribution in [0.4, 0.5) is 13.2 Å². The molecule has 1 unspecified atom stereocenters. The van der Waals surface area contributed by atoms with E-state index in [2.05, 4.69) is 0 Å². The highest BCUT2D eigenvalue weighted by atomic mass is 35.7. The zero-order valence-electron chi connectivity index (χ0n) is 18.0.